The van der Waals surface area contributed by atoms with Crippen molar-refractivity contribution in [3.8, 4) is 5.75 Å². The number of methoxy groups -OCH3 is 1. The molecule has 5 aromatic rings. The second-order valence-electron chi connectivity index (χ2n) is 10.1. The molecule has 0 aliphatic carbocycles. The van der Waals surface area contributed by atoms with E-state index in [1.165, 1.54) is 25.3 Å². The summed E-state index contributed by atoms with van der Waals surface area (Å²) in [5.74, 6) is -0.341. The summed E-state index contributed by atoms with van der Waals surface area (Å²) < 4.78 is 39.3. The Labute approximate surface area is 261 Å². The van der Waals surface area contributed by atoms with Crippen LogP contribution in [0.2, 0.25) is 0 Å². The molecule has 5 aromatic carbocycles. The summed E-state index contributed by atoms with van der Waals surface area (Å²) >= 11 is 0. The average Bonchev–Trinajstić information content (AvgIpc) is 3.05. The number of hydrogen-bond acceptors (Lipinski definition) is 6. The number of aryl methyl sites for hydroxylation is 1. The maximum absolute atomic E-state index is 12.8. The number of amides is 2. The Bertz CT molecular complexity index is 1840. The lowest BCUT2D eigenvalue weighted by Crippen LogP contribution is -2.20. The summed E-state index contributed by atoms with van der Waals surface area (Å²) in [6, 6.07) is 36.1. The fourth-order valence-electron chi connectivity index (χ4n) is 4.54. The van der Waals surface area contributed by atoms with Crippen LogP contribution in [0.1, 0.15) is 33.2 Å². The molecule has 0 bridgehead atoms. The van der Waals surface area contributed by atoms with E-state index in [1.54, 1.807) is 48.5 Å². The molecule has 0 fully saturated rings. The van der Waals surface area contributed by atoms with Gasteiger partial charge in [0.2, 0.25) is 0 Å². The monoisotopic (exact) mass is 621 g/mol. The number of urea groups is 1. The second kappa shape index (κ2) is 13.8. The average molecular weight is 622 g/mol. The van der Waals surface area contributed by atoms with Crippen LogP contribution in [0.15, 0.2) is 132 Å². The molecule has 9 nitrogen and oxygen atoms in total. The minimum absolute atomic E-state index is 0.136. The van der Waals surface area contributed by atoms with E-state index in [4.69, 9.17) is 9.47 Å². The maximum Gasteiger partial charge on any atom is 0.341 e. The highest BCUT2D eigenvalue weighted by molar-refractivity contribution is 7.92. The number of sulfonamides is 1. The third-order valence-electron chi connectivity index (χ3n) is 6.82. The number of esters is 1. The lowest BCUT2D eigenvalue weighted by molar-refractivity contribution is 0.0594. The molecule has 228 valence electrons. The highest BCUT2D eigenvalue weighted by atomic mass is 32.2. The molecule has 0 saturated heterocycles. The Morgan fingerprint density at radius 2 is 1.20 bits per heavy atom. The van der Waals surface area contributed by atoms with Crippen LogP contribution in [-0.2, 0) is 14.8 Å². The van der Waals surface area contributed by atoms with Gasteiger partial charge in [0, 0.05) is 17.1 Å². The third kappa shape index (κ3) is 7.87. The molecule has 45 heavy (non-hydrogen) atoms. The van der Waals surface area contributed by atoms with Crippen molar-refractivity contribution in [3.05, 3.63) is 150 Å². The standard InChI is InChI=1S/C35H31N3O6S/c1-24-13-20-30(21-14-24)45(41,42)38-28-17-15-27(16-18-28)36-35(40)37-29-19-22-32(31(23-29)34(39)43-2)44-33(25-9-5-3-6-10-25)26-11-7-4-8-12-26/h3-23,33,38H,1-2H3,(H2,36,37,40). The first kappa shape index (κ1) is 30.8. The van der Waals surface area contributed by atoms with Crippen molar-refractivity contribution in [2.24, 2.45) is 0 Å². The minimum Gasteiger partial charge on any atom is -0.480 e. The quantitative estimate of drug-likeness (QED) is 0.140. The van der Waals surface area contributed by atoms with Gasteiger partial charge >= 0.3 is 12.0 Å². The molecule has 0 unspecified atom stereocenters. The molecule has 0 spiro atoms. The Kier molecular flexibility index (Phi) is 9.45. The van der Waals surface area contributed by atoms with Gasteiger partial charge in [0.25, 0.3) is 10.0 Å². The second-order valence-corrected chi connectivity index (χ2v) is 11.8. The first-order chi connectivity index (χ1) is 21.7. The Balaban J connectivity index is 1.28. The molecule has 0 heterocycles. The van der Waals surface area contributed by atoms with Gasteiger partial charge in [-0.3, -0.25) is 4.72 Å². The van der Waals surface area contributed by atoms with Crippen LogP contribution in [0.25, 0.3) is 0 Å². The van der Waals surface area contributed by atoms with Crippen molar-refractivity contribution in [1.82, 2.24) is 0 Å². The lowest BCUT2D eigenvalue weighted by atomic mass is 10.0. The molecule has 0 atom stereocenters. The van der Waals surface area contributed by atoms with E-state index in [0.717, 1.165) is 16.7 Å². The van der Waals surface area contributed by atoms with Gasteiger partial charge < -0.3 is 20.1 Å². The summed E-state index contributed by atoms with van der Waals surface area (Å²) in [5, 5.41) is 5.40. The lowest BCUT2D eigenvalue weighted by Gasteiger charge is -2.22. The van der Waals surface area contributed by atoms with Gasteiger partial charge in [0.1, 0.15) is 17.4 Å². The predicted molar refractivity (Wildman–Crippen MR) is 174 cm³/mol. The predicted octanol–water partition coefficient (Wildman–Crippen LogP) is 7.39. The fraction of sp³-hybridized carbons (Fsp3) is 0.0857. The summed E-state index contributed by atoms with van der Waals surface area (Å²) in [6.45, 7) is 1.88. The number of benzene rings is 5. The van der Waals surface area contributed by atoms with Crippen LogP contribution in [0.3, 0.4) is 0 Å². The van der Waals surface area contributed by atoms with Gasteiger partial charge in [-0.25, -0.2) is 18.0 Å². The van der Waals surface area contributed by atoms with Gasteiger partial charge in [0.15, 0.2) is 0 Å². The SMILES string of the molecule is COC(=O)c1cc(NC(=O)Nc2ccc(NS(=O)(=O)c3ccc(C)cc3)cc2)ccc1OC(c1ccccc1)c1ccccc1. The topological polar surface area (TPSA) is 123 Å². The largest absolute Gasteiger partial charge is 0.480 e. The van der Waals surface area contributed by atoms with Crippen LogP contribution >= 0.6 is 0 Å². The zero-order chi connectivity index (χ0) is 31.8. The Morgan fingerprint density at radius 1 is 0.667 bits per heavy atom. The first-order valence-electron chi connectivity index (χ1n) is 14.0. The Hall–Kier alpha value is -5.61. The molecular formula is C35H31N3O6S. The first-order valence-corrected chi connectivity index (χ1v) is 15.5. The van der Waals surface area contributed by atoms with E-state index in [2.05, 4.69) is 15.4 Å². The van der Waals surface area contributed by atoms with Crippen molar-refractivity contribution < 1.29 is 27.5 Å². The van der Waals surface area contributed by atoms with Gasteiger partial charge in [-0.2, -0.15) is 0 Å². The number of nitrogens with one attached hydrogen (secondary N) is 3. The molecule has 0 saturated carbocycles. The van der Waals surface area contributed by atoms with E-state index in [-0.39, 0.29) is 16.2 Å². The van der Waals surface area contributed by atoms with E-state index in [1.807, 2.05) is 67.6 Å². The number of hydrogen-bond donors (Lipinski definition) is 3. The number of carbonyl (C=O) groups excluding carboxylic acids is 2. The number of carbonyl (C=O) groups is 2. The molecular weight excluding hydrogens is 590 g/mol. The Morgan fingerprint density at radius 3 is 1.78 bits per heavy atom. The number of anilines is 3. The molecule has 0 aromatic heterocycles. The van der Waals surface area contributed by atoms with Crippen LogP contribution in [0, 0.1) is 6.92 Å². The van der Waals surface area contributed by atoms with Crippen LogP contribution in [0.5, 0.6) is 5.75 Å². The van der Waals surface area contributed by atoms with Gasteiger partial charge in [-0.15, -0.1) is 0 Å². The van der Waals surface area contributed by atoms with Crippen molar-refractivity contribution in [2.75, 3.05) is 22.5 Å². The maximum atomic E-state index is 12.8. The molecule has 2 amide bonds. The van der Waals surface area contributed by atoms with Crippen LogP contribution < -0.4 is 20.1 Å². The zero-order valence-electron chi connectivity index (χ0n) is 24.6. The van der Waals surface area contributed by atoms with Crippen molar-refractivity contribution in [1.29, 1.82) is 0 Å². The minimum atomic E-state index is -3.76. The molecule has 3 N–H and O–H groups in total. The van der Waals surface area contributed by atoms with Crippen LogP contribution in [0.4, 0.5) is 21.9 Å². The van der Waals surface area contributed by atoms with Gasteiger partial charge in [-0.1, -0.05) is 78.4 Å². The van der Waals surface area contributed by atoms with E-state index in [0.29, 0.717) is 17.1 Å². The molecule has 10 heteroatoms. The van der Waals surface area contributed by atoms with Gasteiger partial charge in [0.05, 0.1) is 12.0 Å². The highest BCUT2D eigenvalue weighted by Crippen LogP contribution is 2.32. The third-order valence-corrected chi connectivity index (χ3v) is 8.22. The summed E-state index contributed by atoms with van der Waals surface area (Å²) in [7, 11) is -2.49. The van der Waals surface area contributed by atoms with E-state index < -0.39 is 28.1 Å². The van der Waals surface area contributed by atoms with Crippen molar-refractivity contribution in [3.63, 3.8) is 0 Å². The molecule has 0 aliphatic heterocycles. The van der Waals surface area contributed by atoms with E-state index in [9.17, 15) is 18.0 Å². The molecule has 0 aliphatic rings. The smallest absolute Gasteiger partial charge is 0.341 e. The number of rotatable bonds is 10. The van der Waals surface area contributed by atoms with Crippen LogP contribution in [-0.4, -0.2) is 27.5 Å². The number of ether oxygens (including phenoxy) is 2. The summed E-state index contributed by atoms with van der Waals surface area (Å²) in [4.78, 5) is 25.7. The fourth-order valence-corrected chi connectivity index (χ4v) is 5.60. The van der Waals surface area contributed by atoms with Gasteiger partial charge in [-0.05, 0) is 72.6 Å². The molecule has 5 rings (SSSR count). The zero-order valence-corrected chi connectivity index (χ0v) is 25.4. The van der Waals surface area contributed by atoms with Crippen molar-refractivity contribution >= 4 is 39.1 Å². The normalized spacial score (nSPS) is 11.0. The highest BCUT2D eigenvalue weighted by Gasteiger charge is 2.21. The van der Waals surface area contributed by atoms with Crippen molar-refractivity contribution in [2.45, 2.75) is 17.9 Å². The summed E-state index contributed by atoms with van der Waals surface area (Å²) in [5.41, 5.74) is 3.98. The van der Waals surface area contributed by atoms with E-state index >= 15 is 0 Å². The summed E-state index contributed by atoms with van der Waals surface area (Å²) in [6.07, 6.45) is -0.498. The molecule has 0 radical (unpaired) electrons.